The minimum atomic E-state index is 0. The summed E-state index contributed by atoms with van der Waals surface area (Å²) in [6.07, 6.45) is 14.0. The molecule has 0 unspecified atom stereocenters. The fraction of sp³-hybridized carbons (Fsp3) is 0.609. The maximum atomic E-state index is 4.94. The SMILES string of the molecule is C1CCOC1.C1CCOC1.C1CCOC1.C1CCOC1.CC(C)c1cccc(C(C)C)c1N=Cc1ccc(C=Nc2c(C(C)C)cccc2C(C)C)[n-]1.[Ca+2].[I-]. The van der Waals surface area contributed by atoms with Gasteiger partial charge in [-0.25, -0.2) is 0 Å². The second-order valence-electron chi connectivity index (χ2n) is 15.3. The van der Waals surface area contributed by atoms with Gasteiger partial charge in [-0.05, 0) is 97.3 Å². The standard InChI is InChI=1S/C30H38N3.4C4H8O.Ca.HI/c1-19(2)25-11-9-12-26(20(3)4)29(25)31-17-23-15-16-24(33-23)18-32-30-27(21(5)6)13-10-14-28(30)22(7)8;4*1-2-4-5-3-1;;/h9-22H,1-8H3;4*1-4H2;;1H/q-1;;;;;+2;/p-1. The summed E-state index contributed by atoms with van der Waals surface area (Å²) in [6, 6.07) is 17.0. The zero-order valence-corrected chi connectivity index (χ0v) is 39.8. The molecule has 4 fully saturated rings. The van der Waals surface area contributed by atoms with Crippen molar-refractivity contribution in [3.8, 4) is 0 Å². The molecule has 3 aromatic rings. The van der Waals surface area contributed by atoms with Crippen LogP contribution in [0, 0.1) is 0 Å². The topological polar surface area (TPSA) is 75.7 Å². The Labute approximate surface area is 381 Å². The third-order valence-corrected chi connectivity index (χ3v) is 9.33. The first-order valence-corrected chi connectivity index (χ1v) is 20.5. The van der Waals surface area contributed by atoms with Crippen LogP contribution in [0.15, 0.2) is 58.5 Å². The molecule has 7 nitrogen and oxygen atoms in total. The van der Waals surface area contributed by atoms with Crippen molar-refractivity contribution in [3.05, 3.63) is 82.2 Å². The largest absolute Gasteiger partial charge is 2.00 e. The molecule has 0 spiro atoms. The number of hydrogen-bond donors (Lipinski definition) is 0. The van der Waals surface area contributed by atoms with Gasteiger partial charge in [-0.1, -0.05) is 104 Å². The Morgan fingerprint density at radius 1 is 0.436 bits per heavy atom. The van der Waals surface area contributed by atoms with Gasteiger partial charge in [0.2, 0.25) is 0 Å². The van der Waals surface area contributed by atoms with Crippen LogP contribution in [0.1, 0.15) is 164 Å². The van der Waals surface area contributed by atoms with E-state index in [0.29, 0.717) is 23.7 Å². The number of rotatable bonds is 8. The van der Waals surface area contributed by atoms with Crippen molar-refractivity contribution >= 4 is 61.5 Å². The maximum Gasteiger partial charge on any atom is 2.00 e. The number of halogens is 1. The van der Waals surface area contributed by atoms with Crippen molar-refractivity contribution in [2.45, 2.75) is 130 Å². The third kappa shape index (κ3) is 20.4. The van der Waals surface area contributed by atoms with E-state index in [4.69, 9.17) is 33.9 Å². The van der Waals surface area contributed by atoms with Crippen LogP contribution in [-0.4, -0.2) is 103 Å². The second-order valence-corrected chi connectivity index (χ2v) is 15.3. The van der Waals surface area contributed by atoms with Crippen LogP contribution in [0.5, 0.6) is 0 Å². The molecule has 0 aliphatic carbocycles. The first kappa shape index (κ1) is 51.9. The van der Waals surface area contributed by atoms with E-state index in [0.717, 1.165) is 75.6 Å². The average Bonchev–Trinajstić information content (AvgIpc) is 4.02. The van der Waals surface area contributed by atoms with Crippen LogP contribution < -0.4 is 29.0 Å². The van der Waals surface area contributed by atoms with Crippen molar-refractivity contribution in [1.29, 1.82) is 0 Å². The molecule has 0 amide bonds. The summed E-state index contributed by atoms with van der Waals surface area (Å²) in [6.45, 7) is 25.7. The van der Waals surface area contributed by atoms with Crippen molar-refractivity contribution in [3.63, 3.8) is 0 Å². The molecule has 0 saturated carbocycles. The summed E-state index contributed by atoms with van der Waals surface area (Å²) < 4.78 is 19.8. The monoisotopic (exact) mass is 895 g/mol. The molecule has 4 aliphatic rings. The predicted octanol–water partition coefficient (Wildman–Crippen LogP) is 8.45. The quantitative estimate of drug-likeness (QED) is 0.129. The van der Waals surface area contributed by atoms with E-state index in [9.17, 15) is 0 Å². The van der Waals surface area contributed by atoms with Crippen LogP contribution in [0.25, 0.3) is 0 Å². The molecular weight excluding hydrogens is 826 g/mol. The summed E-state index contributed by atoms with van der Waals surface area (Å²) in [7, 11) is 0. The van der Waals surface area contributed by atoms with Gasteiger partial charge < -0.3 is 47.9 Å². The van der Waals surface area contributed by atoms with E-state index in [-0.39, 0.29) is 61.7 Å². The summed E-state index contributed by atoms with van der Waals surface area (Å²) in [5.74, 6) is 1.68. The zero-order valence-electron chi connectivity index (χ0n) is 35.5. The first-order chi connectivity index (χ1) is 25.7. The number of nitrogens with zero attached hydrogens (tertiary/aromatic N) is 3. The van der Waals surface area contributed by atoms with Gasteiger partial charge in [-0.2, -0.15) is 0 Å². The number of aromatic nitrogens is 1. The molecule has 0 bridgehead atoms. The molecule has 2 aromatic carbocycles. The minimum absolute atomic E-state index is 0. The summed E-state index contributed by atoms with van der Waals surface area (Å²) >= 11 is 0. The first-order valence-electron chi connectivity index (χ1n) is 20.5. The molecule has 7 rings (SSSR count). The second kappa shape index (κ2) is 30.9. The smallest absolute Gasteiger partial charge is 1.00 e. The van der Waals surface area contributed by atoms with E-state index in [2.05, 4.69) is 91.8 Å². The fourth-order valence-electron chi connectivity index (χ4n) is 6.16. The molecule has 5 heterocycles. The predicted molar refractivity (Wildman–Crippen MR) is 229 cm³/mol. The molecule has 0 radical (unpaired) electrons. The normalized spacial score (nSPS) is 16.2. The van der Waals surface area contributed by atoms with Gasteiger partial charge in [-0.3, -0.25) is 9.98 Å². The van der Waals surface area contributed by atoms with E-state index in [1.54, 1.807) is 0 Å². The van der Waals surface area contributed by atoms with Gasteiger partial charge in [0.1, 0.15) is 0 Å². The maximum absolute atomic E-state index is 4.94. The van der Waals surface area contributed by atoms with Crippen molar-refractivity contribution in [2.24, 2.45) is 9.98 Å². The van der Waals surface area contributed by atoms with Crippen molar-refractivity contribution in [1.82, 2.24) is 4.98 Å². The minimum Gasteiger partial charge on any atom is -1.00 e. The Bertz CT molecular complexity index is 1260. The van der Waals surface area contributed by atoms with Crippen molar-refractivity contribution < 1.29 is 42.9 Å². The van der Waals surface area contributed by atoms with Crippen molar-refractivity contribution in [2.75, 3.05) is 52.9 Å². The van der Waals surface area contributed by atoms with E-state index < -0.39 is 0 Å². The van der Waals surface area contributed by atoms with Crippen LogP contribution >= 0.6 is 0 Å². The number of hydrogen-bond acceptors (Lipinski definition) is 6. The zero-order chi connectivity index (χ0) is 38.3. The molecular formula is C46H70CaIN3O4. The Morgan fingerprint density at radius 3 is 0.855 bits per heavy atom. The Hall–Kier alpha value is -1.11. The summed E-state index contributed by atoms with van der Waals surface area (Å²) in [5.41, 5.74) is 8.96. The molecule has 1 aromatic heterocycles. The Balaban J connectivity index is 0.000000547. The van der Waals surface area contributed by atoms with Gasteiger partial charge in [-0.15, -0.1) is 11.4 Å². The van der Waals surface area contributed by atoms with Gasteiger partial charge in [0.05, 0.1) is 11.4 Å². The number of aliphatic imine (C=N–C) groups is 2. The van der Waals surface area contributed by atoms with E-state index in [1.165, 1.54) is 73.6 Å². The number of ether oxygens (including phenoxy) is 4. The summed E-state index contributed by atoms with van der Waals surface area (Å²) in [4.78, 5) is 14.5. The Morgan fingerprint density at radius 2 is 0.673 bits per heavy atom. The van der Waals surface area contributed by atoms with Gasteiger partial charge in [0.15, 0.2) is 0 Å². The number of para-hydroxylation sites is 2. The van der Waals surface area contributed by atoms with Gasteiger partial charge in [0.25, 0.3) is 0 Å². The molecule has 9 heteroatoms. The van der Waals surface area contributed by atoms with E-state index >= 15 is 0 Å². The third-order valence-electron chi connectivity index (χ3n) is 9.33. The van der Waals surface area contributed by atoms with E-state index in [1.807, 2.05) is 24.6 Å². The van der Waals surface area contributed by atoms with Crippen LogP contribution in [0.3, 0.4) is 0 Å². The van der Waals surface area contributed by atoms with Crippen LogP contribution in [0.2, 0.25) is 0 Å². The number of benzene rings is 2. The molecule has 4 aliphatic heterocycles. The molecule has 0 atom stereocenters. The Kier molecular flexibility index (Phi) is 29.2. The molecule has 302 valence electrons. The fourth-order valence-corrected chi connectivity index (χ4v) is 6.16. The summed E-state index contributed by atoms with van der Waals surface area (Å²) in [5, 5.41) is 0. The molecule has 55 heavy (non-hydrogen) atoms. The molecule has 4 saturated heterocycles. The molecule has 0 N–H and O–H groups in total. The van der Waals surface area contributed by atoms with Gasteiger partial charge >= 0.3 is 37.7 Å². The average molecular weight is 896 g/mol. The van der Waals surface area contributed by atoms with Crippen LogP contribution in [0.4, 0.5) is 11.4 Å². The van der Waals surface area contributed by atoms with Gasteiger partial charge in [0, 0.05) is 65.3 Å². The van der Waals surface area contributed by atoms with Crippen LogP contribution in [-0.2, 0) is 18.9 Å².